The van der Waals surface area contributed by atoms with Crippen LogP contribution < -0.4 is 4.74 Å². The van der Waals surface area contributed by atoms with Crippen LogP contribution in [0.5, 0.6) is 11.6 Å². The average Bonchev–Trinajstić information content (AvgIpc) is 2.56. The Hall–Kier alpha value is -2.43. The lowest BCUT2D eigenvalue weighted by Crippen LogP contribution is -2.38. The molecule has 0 N–H and O–H groups in total. The summed E-state index contributed by atoms with van der Waals surface area (Å²) in [5, 5.41) is 0. The maximum Gasteiger partial charge on any atom is 0.241 e. The number of hydrogen-bond donors (Lipinski definition) is 0. The predicted octanol–water partition coefficient (Wildman–Crippen LogP) is 2.99. The topological polar surface area (TPSA) is 55.3 Å². The number of para-hydroxylation sites is 1. The minimum absolute atomic E-state index is 0.110. The molecule has 22 heavy (non-hydrogen) atoms. The highest BCUT2D eigenvalue weighted by molar-refractivity contribution is 5.73. The minimum atomic E-state index is 0.110. The van der Waals surface area contributed by atoms with Crippen molar-refractivity contribution in [1.82, 2.24) is 14.9 Å². The van der Waals surface area contributed by atoms with E-state index >= 15 is 0 Å². The van der Waals surface area contributed by atoms with Gasteiger partial charge in [0.1, 0.15) is 11.4 Å². The second kappa shape index (κ2) is 6.56. The van der Waals surface area contributed by atoms with Gasteiger partial charge in [-0.15, -0.1) is 0 Å². The number of amides is 1. The minimum Gasteiger partial charge on any atom is -0.437 e. The number of benzene rings is 1. The van der Waals surface area contributed by atoms with E-state index in [1.54, 1.807) is 19.3 Å². The molecule has 3 rings (SSSR count). The molecule has 5 heteroatoms. The molecule has 1 amide bonds. The molecule has 1 atom stereocenters. The second-order valence-electron chi connectivity index (χ2n) is 5.47. The lowest BCUT2D eigenvalue weighted by Gasteiger charge is -2.32. The van der Waals surface area contributed by atoms with Crippen molar-refractivity contribution >= 4 is 5.91 Å². The van der Waals surface area contributed by atoms with E-state index in [-0.39, 0.29) is 11.8 Å². The molecule has 0 saturated carbocycles. The Morgan fingerprint density at radius 3 is 2.77 bits per heavy atom. The quantitative estimate of drug-likeness (QED) is 0.874. The number of rotatable bonds is 3. The highest BCUT2D eigenvalue weighted by Crippen LogP contribution is 2.32. The molecule has 1 aromatic heterocycles. The number of carbonyl (C=O) groups is 1. The number of piperidine rings is 1. The standard InChI is InChI=1S/C17H19N3O2/c1-13(21)20-11-5-6-14(12-20)16-17(19-10-9-18-16)22-15-7-3-2-4-8-15/h2-4,7-10,14H,5-6,11-12H2,1H3. The van der Waals surface area contributed by atoms with Crippen LogP contribution in [0.2, 0.25) is 0 Å². The third-order valence-corrected chi connectivity index (χ3v) is 3.90. The molecule has 1 saturated heterocycles. The lowest BCUT2D eigenvalue weighted by molar-refractivity contribution is -0.130. The summed E-state index contributed by atoms with van der Waals surface area (Å²) in [4.78, 5) is 22.3. The average molecular weight is 297 g/mol. The van der Waals surface area contributed by atoms with Gasteiger partial charge in [0.15, 0.2) is 0 Å². The molecule has 0 bridgehead atoms. The Kier molecular flexibility index (Phi) is 4.32. The summed E-state index contributed by atoms with van der Waals surface area (Å²) in [6.45, 7) is 3.11. The lowest BCUT2D eigenvalue weighted by atomic mass is 9.94. The highest BCUT2D eigenvalue weighted by Gasteiger charge is 2.27. The molecule has 1 aromatic carbocycles. The predicted molar refractivity (Wildman–Crippen MR) is 82.8 cm³/mol. The van der Waals surface area contributed by atoms with E-state index in [0.29, 0.717) is 12.4 Å². The molecule has 0 spiro atoms. The fourth-order valence-corrected chi connectivity index (χ4v) is 2.78. The van der Waals surface area contributed by atoms with Crippen LogP contribution in [-0.4, -0.2) is 33.9 Å². The normalized spacial score (nSPS) is 18.0. The van der Waals surface area contributed by atoms with Gasteiger partial charge in [0, 0.05) is 38.3 Å². The maximum atomic E-state index is 11.6. The molecule has 1 fully saturated rings. The van der Waals surface area contributed by atoms with Gasteiger partial charge in [0.05, 0.1) is 0 Å². The van der Waals surface area contributed by atoms with E-state index in [9.17, 15) is 4.79 Å². The summed E-state index contributed by atoms with van der Waals surface area (Å²) in [6.07, 6.45) is 5.28. The van der Waals surface area contributed by atoms with Gasteiger partial charge in [-0.1, -0.05) is 18.2 Å². The smallest absolute Gasteiger partial charge is 0.241 e. The summed E-state index contributed by atoms with van der Waals surface area (Å²) in [5.74, 6) is 1.55. The number of ether oxygens (including phenoxy) is 1. The third-order valence-electron chi connectivity index (χ3n) is 3.90. The molecule has 1 aliphatic heterocycles. The molecule has 1 aliphatic rings. The number of nitrogens with zero attached hydrogens (tertiary/aromatic N) is 3. The molecular weight excluding hydrogens is 278 g/mol. The molecular formula is C17H19N3O2. The van der Waals surface area contributed by atoms with Gasteiger partial charge in [0.2, 0.25) is 11.8 Å². The Balaban J connectivity index is 1.83. The van der Waals surface area contributed by atoms with Crippen molar-refractivity contribution in [3.63, 3.8) is 0 Å². The van der Waals surface area contributed by atoms with Gasteiger partial charge in [-0.2, -0.15) is 0 Å². The molecule has 114 valence electrons. The van der Waals surface area contributed by atoms with Gasteiger partial charge in [-0.05, 0) is 25.0 Å². The van der Waals surface area contributed by atoms with E-state index in [4.69, 9.17) is 4.74 Å². The fourth-order valence-electron chi connectivity index (χ4n) is 2.78. The summed E-state index contributed by atoms with van der Waals surface area (Å²) in [5.41, 5.74) is 0.831. The maximum absolute atomic E-state index is 11.6. The van der Waals surface area contributed by atoms with Gasteiger partial charge < -0.3 is 9.64 Å². The van der Waals surface area contributed by atoms with E-state index in [2.05, 4.69) is 9.97 Å². The number of likely N-dealkylation sites (tertiary alicyclic amines) is 1. The van der Waals surface area contributed by atoms with Gasteiger partial charge in [0.25, 0.3) is 0 Å². The SMILES string of the molecule is CC(=O)N1CCCC(c2nccnc2Oc2ccccc2)C1. The van der Waals surface area contributed by atoms with Crippen LogP contribution in [0, 0.1) is 0 Å². The van der Waals surface area contributed by atoms with E-state index in [1.165, 1.54) is 0 Å². The molecule has 0 radical (unpaired) electrons. The van der Waals surface area contributed by atoms with Crippen LogP contribution in [0.4, 0.5) is 0 Å². The fraction of sp³-hybridized carbons (Fsp3) is 0.353. The van der Waals surface area contributed by atoms with E-state index in [1.807, 2.05) is 35.2 Å². The van der Waals surface area contributed by atoms with Crippen LogP contribution in [0.25, 0.3) is 0 Å². The van der Waals surface area contributed by atoms with Crippen LogP contribution in [-0.2, 0) is 4.79 Å². The van der Waals surface area contributed by atoms with Crippen LogP contribution in [0.1, 0.15) is 31.4 Å². The van der Waals surface area contributed by atoms with Gasteiger partial charge >= 0.3 is 0 Å². The summed E-state index contributed by atoms with van der Waals surface area (Å²) in [7, 11) is 0. The van der Waals surface area contributed by atoms with Crippen molar-refractivity contribution in [2.45, 2.75) is 25.7 Å². The molecule has 1 unspecified atom stereocenters. The van der Waals surface area contributed by atoms with Crippen molar-refractivity contribution in [2.24, 2.45) is 0 Å². The summed E-state index contributed by atoms with van der Waals surface area (Å²) >= 11 is 0. The molecule has 0 aliphatic carbocycles. The summed E-state index contributed by atoms with van der Waals surface area (Å²) in [6, 6.07) is 9.56. The largest absolute Gasteiger partial charge is 0.437 e. The Labute approximate surface area is 130 Å². The van der Waals surface area contributed by atoms with Crippen molar-refractivity contribution in [3.8, 4) is 11.6 Å². The molecule has 5 nitrogen and oxygen atoms in total. The Bertz CT molecular complexity index is 645. The Morgan fingerprint density at radius 1 is 1.23 bits per heavy atom. The number of carbonyl (C=O) groups excluding carboxylic acids is 1. The highest BCUT2D eigenvalue weighted by atomic mass is 16.5. The van der Waals surface area contributed by atoms with Crippen molar-refractivity contribution < 1.29 is 9.53 Å². The first kappa shape index (κ1) is 14.5. The zero-order chi connectivity index (χ0) is 15.4. The van der Waals surface area contributed by atoms with Gasteiger partial charge in [-0.25, -0.2) is 4.98 Å². The first-order chi connectivity index (χ1) is 10.7. The van der Waals surface area contributed by atoms with Crippen LogP contribution in [0.3, 0.4) is 0 Å². The number of aromatic nitrogens is 2. The molecule has 2 aromatic rings. The first-order valence-electron chi connectivity index (χ1n) is 7.53. The van der Waals surface area contributed by atoms with E-state index < -0.39 is 0 Å². The van der Waals surface area contributed by atoms with Crippen LogP contribution >= 0.6 is 0 Å². The van der Waals surface area contributed by atoms with Crippen molar-refractivity contribution in [1.29, 1.82) is 0 Å². The number of hydrogen-bond acceptors (Lipinski definition) is 4. The van der Waals surface area contributed by atoms with Gasteiger partial charge in [-0.3, -0.25) is 9.78 Å². The monoisotopic (exact) mass is 297 g/mol. The zero-order valence-corrected chi connectivity index (χ0v) is 12.6. The zero-order valence-electron chi connectivity index (χ0n) is 12.6. The second-order valence-corrected chi connectivity index (χ2v) is 5.47. The summed E-state index contributed by atoms with van der Waals surface area (Å²) < 4.78 is 5.88. The van der Waals surface area contributed by atoms with Crippen molar-refractivity contribution in [3.05, 3.63) is 48.4 Å². The first-order valence-corrected chi connectivity index (χ1v) is 7.53. The van der Waals surface area contributed by atoms with E-state index in [0.717, 1.165) is 30.8 Å². The third kappa shape index (κ3) is 3.24. The van der Waals surface area contributed by atoms with Crippen molar-refractivity contribution in [2.75, 3.05) is 13.1 Å². The van der Waals surface area contributed by atoms with Crippen LogP contribution in [0.15, 0.2) is 42.7 Å². The Morgan fingerprint density at radius 2 is 2.00 bits per heavy atom. The molecule has 2 heterocycles.